The molecule has 0 heterocycles. The molecule has 5 amide bonds. The van der Waals surface area contributed by atoms with Gasteiger partial charge < -0.3 is 62.6 Å². The van der Waals surface area contributed by atoms with Gasteiger partial charge in [-0.2, -0.15) is 0 Å². The van der Waals surface area contributed by atoms with E-state index in [-0.39, 0.29) is 75.2 Å². The van der Waals surface area contributed by atoms with Crippen LogP contribution in [-0.4, -0.2) is 86.1 Å². The highest BCUT2D eigenvalue weighted by atomic mass is 79.9. The number of halogens is 1. The van der Waals surface area contributed by atoms with Gasteiger partial charge in [-0.15, -0.1) is 0 Å². The number of anilines is 6. The zero-order valence-electron chi connectivity index (χ0n) is 65.2. The van der Waals surface area contributed by atoms with Crippen LogP contribution in [0.3, 0.4) is 0 Å². The Balaban J connectivity index is 0.000000222. The molecule has 0 saturated carbocycles. The van der Waals surface area contributed by atoms with Crippen molar-refractivity contribution in [1.29, 1.82) is 0 Å². The number of methoxy groups -OCH3 is 1. The summed E-state index contributed by atoms with van der Waals surface area (Å²) in [5.74, 6) is -5.45. The van der Waals surface area contributed by atoms with Gasteiger partial charge in [0.2, 0.25) is 23.6 Å². The Hall–Kier alpha value is -13.8. The maximum atomic E-state index is 12.3. The topological polar surface area (TPSA) is 350 Å². The number of aromatic carboxylic acids is 4. The zero-order valence-corrected chi connectivity index (χ0v) is 66.7. The van der Waals surface area contributed by atoms with E-state index < -0.39 is 29.8 Å². The summed E-state index contributed by atoms with van der Waals surface area (Å²) in [4.78, 5) is 105. The Labute approximate surface area is 671 Å². The van der Waals surface area contributed by atoms with Crippen molar-refractivity contribution in [3.63, 3.8) is 0 Å². The van der Waals surface area contributed by atoms with E-state index in [4.69, 9.17) is 25.8 Å². The lowest BCUT2D eigenvalue weighted by Gasteiger charge is -2.10. The third kappa shape index (κ3) is 27.9. The maximum Gasteiger partial charge on any atom is 0.337 e. The van der Waals surface area contributed by atoms with E-state index in [2.05, 4.69) is 62.4 Å². The molecule has 0 spiro atoms. The molecule has 114 heavy (non-hydrogen) atoms. The van der Waals surface area contributed by atoms with Crippen LogP contribution in [0.1, 0.15) is 139 Å². The van der Waals surface area contributed by atoms with Gasteiger partial charge in [0.15, 0.2) is 0 Å². The molecule has 0 unspecified atom stereocenters. The average molecular weight is 1600 g/mol. The smallest absolute Gasteiger partial charge is 0.337 e. The van der Waals surface area contributed by atoms with Crippen molar-refractivity contribution >= 4 is 133 Å². The summed E-state index contributed by atoms with van der Waals surface area (Å²) in [6, 6.07) is 58.2. The number of benzene rings is 10. The molecule has 0 aliphatic rings. The fourth-order valence-corrected chi connectivity index (χ4v) is 11.0. The van der Waals surface area contributed by atoms with E-state index in [1.807, 2.05) is 134 Å². The lowest BCUT2D eigenvalue weighted by molar-refractivity contribution is -0.113. The fraction of sp³-hybridized carbons (Fsp3) is 0.141. The second-order valence-corrected chi connectivity index (χ2v) is 27.1. The third-order valence-electron chi connectivity index (χ3n) is 17.7. The second kappa shape index (κ2) is 43.5. The van der Waals surface area contributed by atoms with Gasteiger partial charge in [-0.1, -0.05) is 137 Å². The van der Waals surface area contributed by atoms with Crippen LogP contribution in [0, 0.1) is 62.3 Å². The number of aliphatic hydroxyl groups is 1. The van der Waals surface area contributed by atoms with E-state index in [0.29, 0.717) is 38.3 Å². The quantitative estimate of drug-likeness (QED) is 0.0235. The lowest BCUT2D eigenvalue weighted by Crippen LogP contribution is -2.15. The number of carbonyl (C=O) groups is 9. The highest BCUT2D eigenvalue weighted by molar-refractivity contribution is 9.10. The molecule has 586 valence electrons. The summed E-state index contributed by atoms with van der Waals surface area (Å²) < 4.78 is 5.90. The van der Waals surface area contributed by atoms with Crippen molar-refractivity contribution in [2.45, 2.75) is 82.8 Å². The summed E-state index contributed by atoms with van der Waals surface area (Å²) in [6.07, 6.45) is 12.5. The van der Waals surface area contributed by atoms with Crippen LogP contribution < -0.4 is 37.1 Å². The molecule has 0 fully saturated rings. The number of nitrogens with one attached hydrogen (secondary N) is 5. The molecule has 0 atom stereocenters. The molecule has 10 aromatic rings. The number of nitrogen functional groups attached to an aromatic ring is 1. The van der Waals surface area contributed by atoms with Crippen LogP contribution in [0.4, 0.5) is 34.1 Å². The molecular weight excluding hydrogens is 1510 g/mol. The molecule has 0 saturated heterocycles. The Morgan fingerprint density at radius 1 is 0.395 bits per heavy atom. The normalized spacial score (nSPS) is 10.9. The summed E-state index contributed by atoms with van der Waals surface area (Å²) in [7, 11) is 1.53. The van der Waals surface area contributed by atoms with Gasteiger partial charge >= 0.3 is 23.9 Å². The van der Waals surface area contributed by atoms with Gasteiger partial charge in [0.05, 0.1) is 70.1 Å². The minimum Gasteiger partial charge on any atom is -0.496 e. The Morgan fingerprint density at radius 3 is 1.20 bits per heavy atom. The van der Waals surface area contributed by atoms with Crippen molar-refractivity contribution in [2.75, 3.05) is 39.4 Å². The number of hydrogen-bond acceptors (Lipinski definition) is 12. The number of para-hydroxylation sites is 5. The third-order valence-corrected chi connectivity index (χ3v) is 18.2. The summed E-state index contributed by atoms with van der Waals surface area (Å²) in [5, 5.41) is 59.1. The van der Waals surface area contributed by atoms with Gasteiger partial charge in [0, 0.05) is 34.3 Å². The highest BCUT2D eigenvalue weighted by Gasteiger charge is 2.17. The number of carbonyl (C=O) groups excluding carboxylic acids is 5. The number of allylic oxidation sites excluding steroid dienone is 1. The zero-order chi connectivity index (χ0) is 83.9. The first kappa shape index (κ1) is 89.1. The monoisotopic (exact) mass is 1600 g/mol. The maximum absolute atomic E-state index is 12.3. The molecule has 21 nitrogen and oxygen atoms in total. The van der Waals surface area contributed by atoms with Crippen LogP contribution in [0.2, 0.25) is 0 Å². The van der Waals surface area contributed by atoms with E-state index >= 15 is 0 Å². The van der Waals surface area contributed by atoms with Crippen LogP contribution in [0.5, 0.6) is 5.75 Å². The molecule has 12 N–H and O–H groups in total. The minimum atomic E-state index is -1.12. The standard InChI is InChI=1S/C19H19NO5.2C19H19NO3.C18H16BrNO3.C17H18N2O/c1-12-14(11-21)9-13(10-17(12)25-2)7-8-18(22)20-16-6-4-3-5-15(16)19(23)24;1-12-8-9-15(10-13(12)2)14(3)11-18(21)20-17-7-5-4-6-16(17)19(22)23;1-12-8-9-15(10-13(12)2)11-14(3)18(21)20-17-7-5-4-6-16(17)19(22)23;1-11-3-4-13(9-12(11)2)5-8-17(21)20-16-7-6-14(19)10-15(16)18(22)23;1-12-7-8-14(11-13(12)2)9-10-17(20)19-16-6-4-3-5-15(16)18/h3-10,21H,11H2,1-2H3,(H,20,22)(H,23,24);2*4-11H,1-3H3,(H,20,21)(H,22,23);3-10H,1-2H3,(H,20,21)(H,22,23);3-11H,18H2,1-2H3,(H,19,20)/b8-7+;2*14-11+;8-5+;10-9+. The Bertz CT molecular complexity index is 5380. The first-order valence-corrected chi connectivity index (χ1v) is 36.3. The largest absolute Gasteiger partial charge is 0.496 e. The van der Waals surface area contributed by atoms with Gasteiger partial charge in [-0.05, 0) is 268 Å². The van der Waals surface area contributed by atoms with Crippen molar-refractivity contribution < 1.29 is 73.4 Å². The van der Waals surface area contributed by atoms with Crippen LogP contribution >= 0.6 is 15.9 Å². The fourth-order valence-electron chi connectivity index (χ4n) is 10.6. The van der Waals surface area contributed by atoms with Crippen molar-refractivity contribution in [3.8, 4) is 5.75 Å². The summed E-state index contributed by atoms with van der Waals surface area (Å²) in [5.41, 5.74) is 25.1. The SMILES string of the molecule is C/C(=C\C(=O)Nc1ccccc1C(=O)O)c1ccc(C)c(C)c1.C/C(=C\c1ccc(C)c(C)c1)C(=O)Nc1ccccc1C(=O)O.COc1cc(/C=C/C(=O)Nc2ccccc2C(=O)O)cc(CO)c1C.Cc1ccc(/C=C/C(=O)Nc2ccc(Br)cc2C(=O)O)cc1C.Cc1ccc(/C=C/C(=O)Nc2ccccc2N)cc1C. The predicted octanol–water partition coefficient (Wildman–Crippen LogP) is 18.9. The number of aryl methyl sites for hydroxylation is 8. The second-order valence-electron chi connectivity index (χ2n) is 26.2. The van der Waals surface area contributed by atoms with Gasteiger partial charge in [0.1, 0.15) is 5.75 Å². The average Bonchev–Trinajstić information content (AvgIpc) is 0.836. The number of carboxylic acids is 4. The Morgan fingerprint density at radius 2 is 0.772 bits per heavy atom. The summed E-state index contributed by atoms with van der Waals surface area (Å²) in [6.45, 7) is 21.5. The van der Waals surface area contributed by atoms with Crippen molar-refractivity contribution in [3.05, 3.63) is 340 Å². The molecule has 0 radical (unpaired) electrons. The number of rotatable bonds is 21. The van der Waals surface area contributed by atoms with E-state index in [9.17, 15) is 53.4 Å². The molecule has 0 aliphatic heterocycles. The van der Waals surface area contributed by atoms with Gasteiger partial charge in [-0.3, -0.25) is 24.0 Å². The summed E-state index contributed by atoms with van der Waals surface area (Å²) >= 11 is 3.21. The highest BCUT2D eigenvalue weighted by Crippen LogP contribution is 2.28. The number of hydrogen-bond donors (Lipinski definition) is 11. The number of aliphatic hydroxyl groups excluding tert-OH is 1. The number of nitrogens with two attached hydrogens (primary N) is 1. The molecule has 22 heteroatoms. The van der Waals surface area contributed by atoms with E-state index in [1.54, 1.807) is 116 Å². The first-order valence-electron chi connectivity index (χ1n) is 35.5. The minimum absolute atomic E-state index is 0.0174. The van der Waals surface area contributed by atoms with Crippen LogP contribution in [-0.2, 0) is 30.6 Å². The number of amides is 5. The molecule has 10 rings (SSSR count). The van der Waals surface area contributed by atoms with Crippen molar-refractivity contribution in [1.82, 2.24) is 0 Å². The van der Waals surface area contributed by atoms with Crippen molar-refractivity contribution in [2.24, 2.45) is 0 Å². The lowest BCUT2D eigenvalue weighted by atomic mass is 10.0. The number of ether oxygens (including phenoxy) is 1. The van der Waals surface area contributed by atoms with E-state index in [0.717, 1.165) is 50.1 Å². The molecule has 0 aromatic heterocycles. The van der Waals surface area contributed by atoms with Crippen LogP contribution in [0.25, 0.3) is 29.9 Å². The predicted molar refractivity (Wildman–Crippen MR) is 457 cm³/mol. The van der Waals surface area contributed by atoms with Gasteiger partial charge in [-0.25, -0.2) is 19.2 Å². The number of carboxylic acid groups (broad SMARTS) is 4. The van der Waals surface area contributed by atoms with Gasteiger partial charge in [0.25, 0.3) is 5.91 Å². The molecule has 10 aromatic carbocycles. The van der Waals surface area contributed by atoms with Crippen LogP contribution in [0.15, 0.2) is 235 Å². The molecular formula is C92H91BrN6O15. The first-order chi connectivity index (χ1) is 54.1. The molecule has 0 aliphatic carbocycles. The molecule has 0 bridgehead atoms. The van der Waals surface area contributed by atoms with E-state index in [1.165, 1.54) is 89.6 Å². The Kier molecular flexibility index (Phi) is 34.0.